The topological polar surface area (TPSA) is 65.5 Å². The van der Waals surface area contributed by atoms with E-state index in [0.29, 0.717) is 17.8 Å². The summed E-state index contributed by atoms with van der Waals surface area (Å²) in [6.45, 7) is 2.76. The molecule has 156 valence electrons. The van der Waals surface area contributed by atoms with Crippen LogP contribution in [0.4, 0.5) is 10.8 Å². The van der Waals surface area contributed by atoms with Gasteiger partial charge in [-0.25, -0.2) is 4.98 Å². The summed E-state index contributed by atoms with van der Waals surface area (Å²) in [5, 5.41) is 6.01. The number of likely N-dealkylation sites (tertiary alicyclic amines) is 1. The Morgan fingerprint density at radius 3 is 2.70 bits per heavy atom. The van der Waals surface area contributed by atoms with Crippen molar-refractivity contribution < 1.29 is 9.59 Å². The van der Waals surface area contributed by atoms with Crippen LogP contribution in [0.15, 0.2) is 35.7 Å². The van der Waals surface area contributed by atoms with Crippen LogP contribution in [-0.2, 0) is 4.79 Å². The Bertz CT molecular complexity index is 1060. The van der Waals surface area contributed by atoms with Crippen LogP contribution in [0, 0.1) is 0 Å². The third-order valence-electron chi connectivity index (χ3n) is 5.82. The molecule has 2 amide bonds. The van der Waals surface area contributed by atoms with Gasteiger partial charge in [-0.2, -0.15) is 0 Å². The number of piperidine rings is 1. The van der Waals surface area contributed by atoms with Gasteiger partial charge in [-0.05, 0) is 61.7 Å². The Kier molecular flexibility index (Phi) is 5.43. The van der Waals surface area contributed by atoms with Gasteiger partial charge >= 0.3 is 0 Å². The highest BCUT2D eigenvalue weighted by molar-refractivity contribution is 7.22. The lowest BCUT2D eigenvalue weighted by Crippen LogP contribution is -2.49. The van der Waals surface area contributed by atoms with Crippen LogP contribution in [0.5, 0.6) is 0 Å². The summed E-state index contributed by atoms with van der Waals surface area (Å²) in [7, 11) is 0. The highest BCUT2D eigenvalue weighted by atomic mass is 32.1. The van der Waals surface area contributed by atoms with Crippen LogP contribution in [0.25, 0.3) is 10.2 Å². The summed E-state index contributed by atoms with van der Waals surface area (Å²) >= 11 is 3.10. The minimum Gasteiger partial charge on any atom is -0.348 e. The fourth-order valence-electron chi connectivity index (χ4n) is 4.25. The van der Waals surface area contributed by atoms with Crippen molar-refractivity contribution >= 4 is 55.5 Å². The normalized spacial score (nSPS) is 19.4. The molecule has 2 aliphatic heterocycles. The van der Waals surface area contributed by atoms with E-state index in [1.54, 1.807) is 16.2 Å². The van der Waals surface area contributed by atoms with Crippen molar-refractivity contribution in [2.24, 2.45) is 0 Å². The van der Waals surface area contributed by atoms with Crippen molar-refractivity contribution in [3.8, 4) is 0 Å². The Morgan fingerprint density at radius 2 is 1.90 bits per heavy atom. The second kappa shape index (κ2) is 8.35. The minimum atomic E-state index is -0.425. The zero-order valence-corrected chi connectivity index (χ0v) is 18.3. The molecular weight excluding hydrogens is 416 g/mol. The average molecular weight is 441 g/mol. The Labute approximate surface area is 183 Å². The van der Waals surface area contributed by atoms with Gasteiger partial charge in [0.15, 0.2) is 5.13 Å². The third-order valence-corrected chi connectivity index (χ3v) is 7.76. The molecule has 2 aromatic heterocycles. The van der Waals surface area contributed by atoms with E-state index in [1.807, 2.05) is 35.7 Å². The lowest BCUT2D eigenvalue weighted by Gasteiger charge is -2.34. The maximum Gasteiger partial charge on any atom is 0.264 e. The number of amides is 2. The summed E-state index contributed by atoms with van der Waals surface area (Å²) in [5.41, 5.74) is 1.73. The van der Waals surface area contributed by atoms with Crippen LogP contribution < -0.4 is 10.2 Å². The summed E-state index contributed by atoms with van der Waals surface area (Å²) in [6.07, 6.45) is 5.04. The van der Waals surface area contributed by atoms with Gasteiger partial charge in [0.05, 0.1) is 15.1 Å². The molecule has 0 spiro atoms. The van der Waals surface area contributed by atoms with E-state index in [-0.39, 0.29) is 11.8 Å². The number of thiophene rings is 1. The molecule has 1 N–H and O–H groups in total. The summed E-state index contributed by atoms with van der Waals surface area (Å²) in [4.78, 5) is 35.5. The number of rotatable bonds is 4. The molecule has 0 aliphatic carbocycles. The Morgan fingerprint density at radius 1 is 1.07 bits per heavy atom. The highest BCUT2D eigenvalue weighted by Crippen LogP contribution is 2.32. The molecule has 0 radical (unpaired) electrons. The van der Waals surface area contributed by atoms with Gasteiger partial charge in [-0.1, -0.05) is 17.4 Å². The number of nitrogens with one attached hydrogen (secondary N) is 1. The number of anilines is 2. The largest absolute Gasteiger partial charge is 0.348 e. The number of benzene rings is 1. The average Bonchev–Trinajstić information content (AvgIpc) is 3.54. The lowest BCUT2D eigenvalue weighted by atomic mass is 10.0. The molecule has 1 aromatic carbocycles. The zero-order valence-electron chi connectivity index (χ0n) is 16.7. The predicted octanol–water partition coefficient (Wildman–Crippen LogP) is 4.59. The molecule has 0 saturated carbocycles. The van der Waals surface area contributed by atoms with Crippen molar-refractivity contribution in [3.05, 3.63) is 40.6 Å². The maximum atomic E-state index is 13.1. The molecular formula is C22H24N4O2S2. The quantitative estimate of drug-likeness (QED) is 0.644. The van der Waals surface area contributed by atoms with Gasteiger partial charge < -0.3 is 15.1 Å². The van der Waals surface area contributed by atoms with E-state index in [2.05, 4.69) is 10.2 Å². The number of thiazole rings is 1. The van der Waals surface area contributed by atoms with Crippen LogP contribution in [-0.4, -0.2) is 47.4 Å². The first-order valence-electron chi connectivity index (χ1n) is 10.5. The molecule has 2 saturated heterocycles. The van der Waals surface area contributed by atoms with Crippen LogP contribution in [0.2, 0.25) is 0 Å². The lowest BCUT2D eigenvalue weighted by molar-refractivity contribution is -0.121. The van der Waals surface area contributed by atoms with E-state index in [0.717, 1.165) is 47.0 Å². The summed E-state index contributed by atoms with van der Waals surface area (Å²) in [5.74, 6) is -0.152. The predicted molar refractivity (Wildman–Crippen MR) is 123 cm³/mol. The highest BCUT2D eigenvalue weighted by Gasteiger charge is 2.33. The number of carbonyl (C=O) groups excluding carboxylic acids is 2. The molecule has 4 heterocycles. The van der Waals surface area contributed by atoms with Gasteiger partial charge in [0.2, 0.25) is 5.91 Å². The molecule has 30 heavy (non-hydrogen) atoms. The Hall–Kier alpha value is -2.45. The second-order valence-electron chi connectivity index (χ2n) is 7.85. The van der Waals surface area contributed by atoms with Gasteiger partial charge in [0.1, 0.15) is 6.04 Å². The first kappa shape index (κ1) is 19.5. The van der Waals surface area contributed by atoms with E-state index < -0.39 is 6.04 Å². The SMILES string of the molecule is O=C(Nc1ccc2nc(N3CCCC3)sc2c1)C1CCCCN1C(=O)c1cccs1. The maximum absolute atomic E-state index is 13.1. The molecule has 6 nitrogen and oxygen atoms in total. The van der Waals surface area contributed by atoms with Crippen LogP contribution in [0.3, 0.4) is 0 Å². The van der Waals surface area contributed by atoms with Gasteiger partial charge in [-0.3, -0.25) is 9.59 Å². The fraction of sp³-hybridized carbons (Fsp3) is 0.409. The van der Waals surface area contributed by atoms with E-state index in [1.165, 1.54) is 24.2 Å². The first-order chi connectivity index (χ1) is 14.7. The molecule has 3 aromatic rings. The van der Waals surface area contributed by atoms with Crippen molar-refractivity contribution in [1.82, 2.24) is 9.88 Å². The monoisotopic (exact) mass is 440 g/mol. The van der Waals surface area contributed by atoms with Crippen molar-refractivity contribution in [2.75, 3.05) is 29.9 Å². The van der Waals surface area contributed by atoms with Gasteiger partial charge in [-0.15, -0.1) is 11.3 Å². The Balaban J connectivity index is 1.33. The first-order valence-corrected chi connectivity index (χ1v) is 12.2. The van der Waals surface area contributed by atoms with Crippen molar-refractivity contribution in [2.45, 2.75) is 38.1 Å². The number of carbonyl (C=O) groups is 2. The summed E-state index contributed by atoms with van der Waals surface area (Å²) < 4.78 is 1.07. The number of hydrogen-bond acceptors (Lipinski definition) is 6. The molecule has 5 rings (SSSR count). The number of hydrogen-bond donors (Lipinski definition) is 1. The zero-order chi connectivity index (χ0) is 20.5. The molecule has 8 heteroatoms. The third kappa shape index (κ3) is 3.81. The molecule has 0 bridgehead atoms. The van der Waals surface area contributed by atoms with E-state index >= 15 is 0 Å². The summed E-state index contributed by atoms with van der Waals surface area (Å²) in [6, 6.07) is 9.15. The smallest absolute Gasteiger partial charge is 0.264 e. The van der Waals surface area contributed by atoms with Gasteiger partial charge in [0, 0.05) is 25.3 Å². The number of aromatic nitrogens is 1. The molecule has 2 fully saturated rings. The molecule has 1 atom stereocenters. The standard InChI is InChI=1S/C22H24N4O2S2/c27-20(17-6-1-2-12-26(17)21(28)18-7-5-13-29-18)23-15-8-9-16-19(14-15)30-22(24-16)25-10-3-4-11-25/h5,7-9,13-14,17H,1-4,6,10-12H2,(H,23,27). The number of fused-ring (bicyclic) bond motifs is 1. The molecule has 1 unspecified atom stereocenters. The van der Waals surface area contributed by atoms with Crippen LogP contribution in [0.1, 0.15) is 41.8 Å². The molecule has 2 aliphatic rings. The number of nitrogens with zero attached hydrogens (tertiary/aromatic N) is 3. The van der Waals surface area contributed by atoms with Crippen molar-refractivity contribution in [1.29, 1.82) is 0 Å². The van der Waals surface area contributed by atoms with E-state index in [9.17, 15) is 9.59 Å². The van der Waals surface area contributed by atoms with Crippen molar-refractivity contribution in [3.63, 3.8) is 0 Å². The fourth-order valence-corrected chi connectivity index (χ4v) is 5.98. The van der Waals surface area contributed by atoms with Gasteiger partial charge in [0.25, 0.3) is 5.91 Å². The van der Waals surface area contributed by atoms with E-state index in [4.69, 9.17) is 4.98 Å². The minimum absolute atomic E-state index is 0.0435. The second-order valence-corrected chi connectivity index (χ2v) is 9.81. The van der Waals surface area contributed by atoms with Crippen LogP contribution >= 0.6 is 22.7 Å².